The lowest BCUT2D eigenvalue weighted by Gasteiger charge is -2.16. The second-order valence-electron chi connectivity index (χ2n) is 3.00. The van der Waals surface area contributed by atoms with Crippen molar-refractivity contribution in [2.24, 2.45) is 0 Å². The lowest BCUT2D eigenvalue weighted by atomic mass is 10.3. The lowest BCUT2D eigenvalue weighted by molar-refractivity contribution is 0.203. The molecule has 1 N–H and O–H groups in total. The first kappa shape index (κ1) is 15.0. The molecule has 5 heteroatoms. The number of nitrogens with one attached hydrogen (secondary N) is 1. The molecule has 0 bridgehead atoms. The average Bonchev–Trinajstić information content (AvgIpc) is 2.32. The summed E-state index contributed by atoms with van der Waals surface area (Å²) in [6.45, 7) is 0. The summed E-state index contributed by atoms with van der Waals surface area (Å²) >= 11 is 2.15. The summed E-state index contributed by atoms with van der Waals surface area (Å²) in [7, 11) is 5.32. The van der Waals surface area contributed by atoms with E-state index in [-0.39, 0.29) is 0 Å². The highest BCUT2D eigenvalue weighted by Gasteiger charge is 2.07. The third kappa shape index (κ3) is 4.69. The SMILES string of the molecule is CI.CNC(=O)Oc1ccccc1N(C)C. The fourth-order valence-electron chi connectivity index (χ4n) is 1.06. The van der Waals surface area contributed by atoms with Gasteiger partial charge in [-0.3, -0.25) is 0 Å². The van der Waals surface area contributed by atoms with Crippen LogP contribution in [0.25, 0.3) is 0 Å². The molecule has 0 fully saturated rings. The lowest BCUT2D eigenvalue weighted by Crippen LogP contribution is -2.23. The Morgan fingerprint density at radius 2 is 1.88 bits per heavy atom. The Morgan fingerprint density at radius 3 is 2.38 bits per heavy atom. The van der Waals surface area contributed by atoms with E-state index in [1.807, 2.05) is 42.1 Å². The van der Waals surface area contributed by atoms with Gasteiger partial charge in [0.2, 0.25) is 0 Å². The minimum absolute atomic E-state index is 0.459. The van der Waals surface area contributed by atoms with Crippen LogP contribution in [0.15, 0.2) is 24.3 Å². The molecule has 4 nitrogen and oxygen atoms in total. The highest BCUT2D eigenvalue weighted by Crippen LogP contribution is 2.25. The predicted octanol–water partition coefficient (Wildman–Crippen LogP) is 2.52. The number of hydrogen-bond donors (Lipinski definition) is 1. The number of para-hydroxylation sites is 2. The van der Waals surface area contributed by atoms with Gasteiger partial charge in [-0.25, -0.2) is 4.79 Å². The second kappa shape index (κ2) is 8.20. The highest BCUT2D eigenvalue weighted by molar-refractivity contribution is 14.1. The number of carbonyl (C=O) groups excluding carboxylic acids is 1. The third-order valence-corrected chi connectivity index (χ3v) is 1.75. The number of anilines is 1. The van der Waals surface area contributed by atoms with Crippen LogP contribution >= 0.6 is 22.6 Å². The van der Waals surface area contributed by atoms with Crippen molar-refractivity contribution < 1.29 is 9.53 Å². The highest BCUT2D eigenvalue weighted by atomic mass is 127. The summed E-state index contributed by atoms with van der Waals surface area (Å²) < 4.78 is 5.06. The summed E-state index contributed by atoms with van der Waals surface area (Å²) in [4.78, 5) is 14.9. The Morgan fingerprint density at radius 1 is 1.31 bits per heavy atom. The average molecular weight is 336 g/mol. The molecule has 0 unspecified atom stereocenters. The molecular formula is C11H17IN2O2. The Bertz CT molecular complexity index is 330. The van der Waals surface area contributed by atoms with Gasteiger partial charge in [-0.05, 0) is 17.1 Å². The van der Waals surface area contributed by atoms with Crippen molar-refractivity contribution in [1.29, 1.82) is 0 Å². The van der Waals surface area contributed by atoms with Crippen molar-refractivity contribution in [3.8, 4) is 5.75 Å². The van der Waals surface area contributed by atoms with Crippen molar-refractivity contribution in [3.63, 3.8) is 0 Å². The van der Waals surface area contributed by atoms with Gasteiger partial charge in [0, 0.05) is 21.1 Å². The van der Waals surface area contributed by atoms with E-state index in [1.165, 1.54) is 7.05 Å². The van der Waals surface area contributed by atoms with E-state index >= 15 is 0 Å². The summed E-state index contributed by atoms with van der Waals surface area (Å²) in [5.74, 6) is 0.553. The maximum Gasteiger partial charge on any atom is 0.412 e. The number of alkyl halides is 1. The maximum absolute atomic E-state index is 11.0. The quantitative estimate of drug-likeness (QED) is 0.667. The predicted molar refractivity (Wildman–Crippen MR) is 75.8 cm³/mol. The van der Waals surface area contributed by atoms with Gasteiger partial charge in [-0.1, -0.05) is 34.7 Å². The molecule has 0 heterocycles. The summed E-state index contributed by atoms with van der Waals surface area (Å²) in [5.41, 5.74) is 0.871. The van der Waals surface area contributed by atoms with E-state index < -0.39 is 6.09 Å². The molecule has 0 aromatic heterocycles. The van der Waals surface area contributed by atoms with E-state index in [1.54, 1.807) is 6.07 Å². The molecule has 1 aromatic carbocycles. The number of rotatable bonds is 2. The molecule has 0 aliphatic rings. The largest absolute Gasteiger partial charge is 0.412 e. The van der Waals surface area contributed by atoms with Crippen LogP contribution in [-0.4, -0.2) is 32.2 Å². The van der Waals surface area contributed by atoms with Gasteiger partial charge in [0.05, 0.1) is 5.69 Å². The first-order valence-electron chi connectivity index (χ1n) is 4.69. The molecule has 90 valence electrons. The van der Waals surface area contributed by atoms with Crippen molar-refractivity contribution in [2.75, 3.05) is 31.0 Å². The fraction of sp³-hybridized carbons (Fsp3) is 0.364. The molecule has 1 aromatic rings. The number of ether oxygens (including phenoxy) is 1. The molecule has 0 spiro atoms. The molecule has 0 aliphatic carbocycles. The number of halogens is 1. The standard InChI is InChI=1S/C10H14N2O2.CH3I/c1-11-10(13)14-9-7-5-4-6-8(9)12(2)3;1-2/h4-7H,1-3H3,(H,11,13);1H3. The minimum Gasteiger partial charge on any atom is -0.408 e. The normalized spacial score (nSPS) is 8.56. The molecule has 0 saturated carbocycles. The van der Waals surface area contributed by atoms with Crippen LogP contribution < -0.4 is 15.0 Å². The fourth-order valence-corrected chi connectivity index (χ4v) is 1.06. The third-order valence-electron chi connectivity index (χ3n) is 1.75. The maximum atomic E-state index is 11.0. The summed E-state index contributed by atoms with van der Waals surface area (Å²) in [6.07, 6.45) is -0.459. The molecule has 1 amide bonds. The van der Waals surface area contributed by atoms with E-state index in [2.05, 4.69) is 27.9 Å². The van der Waals surface area contributed by atoms with Crippen LogP contribution in [0.1, 0.15) is 0 Å². The van der Waals surface area contributed by atoms with Gasteiger partial charge in [0.25, 0.3) is 0 Å². The zero-order valence-electron chi connectivity index (χ0n) is 9.95. The van der Waals surface area contributed by atoms with Crippen molar-refractivity contribution in [1.82, 2.24) is 5.32 Å². The molecule has 1 rings (SSSR count). The Labute approximate surface area is 110 Å². The number of hydrogen-bond acceptors (Lipinski definition) is 3. The molecule has 0 radical (unpaired) electrons. The van der Waals surface area contributed by atoms with Crippen LogP contribution in [0.4, 0.5) is 10.5 Å². The van der Waals surface area contributed by atoms with E-state index in [4.69, 9.17) is 4.74 Å². The van der Waals surface area contributed by atoms with Crippen LogP contribution in [0, 0.1) is 0 Å². The van der Waals surface area contributed by atoms with Gasteiger partial charge in [0.15, 0.2) is 5.75 Å². The van der Waals surface area contributed by atoms with Crippen LogP contribution in [0.3, 0.4) is 0 Å². The monoisotopic (exact) mass is 336 g/mol. The Hall–Kier alpha value is -0.980. The van der Waals surface area contributed by atoms with Gasteiger partial charge in [0.1, 0.15) is 0 Å². The van der Waals surface area contributed by atoms with Crippen molar-refractivity contribution in [2.45, 2.75) is 0 Å². The summed E-state index contributed by atoms with van der Waals surface area (Å²) in [6, 6.07) is 7.36. The number of benzene rings is 1. The van der Waals surface area contributed by atoms with Crippen molar-refractivity contribution in [3.05, 3.63) is 24.3 Å². The van der Waals surface area contributed by atoms with Gasteiger partial charge >= 0.3 is 6.09 Å². The molecule has 0 atom stereocenters. The zero-order valence-corrected chi connectivity index (χ0v) is 12.1. The van der Waals surface area contributed by atoms with Crippen LogP contribution in [-0.2, 0) is 0 Å². The van der Waals surface area contributed by atoms with Crippen LogP contribution in [0.2, 0.25) is 0 Å². The Kier molecular flexibility index (Phi) is 7.70. The van der Waals surface area contributed by atoms with E-state index in [0.29, 0.717) is 5.75 Å². The number of amides is 1. The van der Waals surface area contributed by atoms with Gasteiger partial charge in [-0.15, -0.1) is 0 Å². The first-order valence-corrected chi connectivity index (χ1v) is 6.84. The van der Waals surface area contributed by atoms with E-state index in [0.717, 1.165) is 5.69 Å². The first-order chi connectivity index (χ1) is 7.65. The zero-order chi connectivity index (χ0) is 12.6. The van der Waals surface area contributed by atoms with E-state index in [9.17, 15) is 4.79 Å². The minimum atomic E-state index is -0.459. The summed E-state index contributed by atoms with van der Waals surface area (Å²) in [5, 5.41) is 2.40. The van der Waals surface area contributed by atoms with Crippen LogP contribution in [0.5, 0.6) is 5.75 Å². The molecule has 0 aliphatic heterocycles. The second-order valence-corrected chi connectivity index (χ2v) is 3.00. The van der Waals surface area contributed by atoms with Crippen molar-refractivity contribution >= 4 is 34.4 Å². The smallest absolute Gasteiger partial charge is 0.408 e. The van der Waals surface area contributed by atoms with Gasteiger partial charge < -0.3 is 15.0 Å². The number of nitrogens with zero attached hydrogens (tertiary/aromatic N) is 1. The van der Waals surface area contributed by atoms with Gasteiger partial charge in [-0.2, -0.15) is 0 Å². The molecule has 16 heavy (non-hydrogen) atoms. The molecular weight excluding hydrogens is 319 g/mol. The Balaban J connectivity index is 0.00000106. The molecule has 0 saturated heterocycles. The number of carbonyl (C=O) groups is 1. The topological polar surface area (TPSA) is 41.6 Å².